The first-order chi connectivity index (χ1) is 10.0. The number of aryl methyl sites for hydroxylation is 2. The molecule has 0 radical (unpaired) electrons. The summed E-state index contributed by atoms with van der Waals surface area (Å²) < 4.78 is 6.65. The molecule has 1 aliphatic heterocycles. The van der Waals surface area contributed by atoms with Crippen molar-refractivity contribution in [1.82, 2.24) is 0 Å². The average Bonchev–Trinajstić information content (AvgIpc) is 2.45. The lowest BCUT2D eigenvalue weighted by Crippen LogP contribution is -2.38. The van der Waals surface area contributed by atoms with Crippen LogP contribution in [0.25, 0.3) is 0 Å². The minimum Gasteiger partial charge on any atom is -0.482 e. The quantitative estimate of drug-likeness (QED) is 0.726. The van der Waals surface area contributed by atoms with Gasteiger partial charge in [-0.1, -0.05) is 23.8 Å². The van der Waals surface area contributed by atoms with E-state index in [9.17, 15) is 4.79 Å². The molecule has 1 heterocycles. The minimum absolute atomic E-state index is 0.00427. The van der Waals surface area contributed by atoms with Crippen LogP contribution in [0.15, 0.2) is 36.4 Å². The summed E-state index contributed by atoms with van der Waals surface area (Å²) >= 11 is 2.25. The number of nitrogens with zero attached hydrogens (tertiary/aromatic N) is 1. The Morgan fingerprint density at radius 3 is 2.81 bits per heavy atom. The topological polar surface area (TPSA) is 29.5 Å². The van der Waals surface area contributed by atoms with Gasteiger partial charge in [0.05, 0.1) is 12.2 Å². The maximum atomic E-state index is 12.2. The van der Waals surface area contributed by atoms with E-state index < -0.39 is 0 Å². The Morgan fingerprint density at radius 2 is 2.00 bits per heavy atom. The zero-order valence-electron chi connectivity index (χ0n) is 12.0. The van der Waals surface area contributed by atoms with Crippen LogP contribution in [0.1, 0.15) is 16.7 Å². The van der Waals surface area contributed by atoms with Gasteiger partial charge >= 0.3 is 0 Å². The van der Waals surface area contributed by atoms with Gasteiger partial charge in [0.1, 0.15) is 5.75 Å². The molecule has 0 fully saturated rings. The fraction of sp³-hybridized carbons (Fsp3) is 0.235. The van der Waals surface area contributed by atoms with Gasteiger partial charge in [-0.05, 0) is 65.8 Å². The van der Waals surface area contributed by atoms with Crippen molar-refractivity contribution in [2.24, 2.45) is 0 Å². The van der Waals surface area contributed by atoms with E-state index in [1.54, 1.807) is 0 Å². The number of fused-ring (bicyclic) bond motifs is 1. The average molecular weight is 393 g/mol. The second-order valence-electron chi connectivity index (χ2n) is 5.31. The third-order valence-electron chi connectivity index (χ3n) is 3.70. The van der Waals surface area contributed by atoms with Gasteiger partial charge < -0.3 is 9.64 Å². The highest BCUT2D eigenvalue weighted by atomic mass is 127. The van der Waals surface area contributed by atoms with Crippen molar-refractivity contribution in [3.63, 3.8) is 0 Å². The summed E-state index contributed by atoms with van der Waals surface area (Å²) in [7, 11) is 0. The highest BCUT2D eigenvalue weighted by Gasteiger charge is 2.26. The summed E-state index contributed by atoms with van der Waals surface area (Å²) in [6, 6.07) is 12.3. The summed E-state index contributed by atoms with van der Waals surface area (Å²) in [6.45, 7) is 4.84. The molecule has 1 aliphatic rings. The Hall–Kier alpha value is -1.56. The molecule has 0 aliphatic carbocycles. The van der Waals surface area contributed by atoms with E-state index in [1.165, 1.54) is 16.7 Å². The van der Waals surface area contributed by atoms with E-state index in [0.29, 0.717) is 6.54 Å². The number of halogens is 1. The van der Waals surface area contributed by atoms with Gasteiger partial charge in [0.2, 0.25) is 0 Å². The number of hydrogen-bond acceptors (Lipinski definition) is 2. The SMILES string of the molecule is Cc1ccc(C)c(CN2C(=O)COc3cc(I)ccc32)c1. The second kappa shape index (κ2) is 5.67. The van der Waals surface area contributed by atoms with E-state index in [-0.39, 0.29) is 12.5 Å². The monoisotopic (exact) mass is 393 g/mol. The van der Waals surface area contributed by atoms with Crippen molar-refractivity contribution in [3.8, 4) is 5.75 Å². The maximum absolute atomic E-state index is 12.2. The summed E-state index contributed by atoms with van der Waals surface area (Å²) in [5.74, 6) is 0.788. The lowest BCUT2D eigenvalue weighted by molar-refractivity contribution is -0.121. The standard InChI is InChI=1S/C17H16INO2/c1-11-3-4-12(2)13(7-11)9-19-15-6-5-14(18)8-16(15)21-10-17(19)20/h3-8H,9-10H2,1-2H3. The zero-order valence-corrected chi connectivity index (χ0v) is 14.2. The first-order valence-electron chi connectivity index (χ1n) is 6.83. The van der Waals surface area contributed by atoms with Crippen LogP contribution in [0.3, 0.4) is 0 Å². The van der Waals surface area contributed by atoms with Crippen LogP contribution < -0.4 is 9.64 Å². The number of benzene rings is 2. The van der Waals surface area contributed by atoms with E-state index in [1.807, 2.05) is 23.1 Å². The van der Waals surface area contributed by atoms with E-state index in [2.05, 4.69) is 54.6 Å². The molecule has 0 saturated heterocycles. The number of ether oxygens (including phenoxy) is 1. The molecule has 0 N–H and O–H groups in total. The summed E-state index contributed by atoms with van der Waals surface area (Å²) in [5, 5.41) is 0. The van der Waals surface area contributed by atoms with Crippen LogP contribution >= 0.6 is 22.6 Å². The largest absolute Gasteiger partial charge is 0.482 e. The van der Waals surface area contributed by atoms with Crippen molar-refractivity contribution < 1.29 is 9.53 Å². The minimum atomic E-state index is 0.00427. The predicted molar refractivity (Wildman–Crippen MR) is 91.8 cm³/mol. The van der Waals surface area contributed by atoms with Crippen molar-refractivity contribution in [2.45, 2.75) is 20.4 Å². The fourth-order valence-electron chi connectivity index (χ4n) is 2.49. The summed E-state index contributed by atoms with van der Waals surface area (Å²) in [5.41, 5.74) is 4.44. The van der Waals surface area contributed by atoms with Gasteiger partial charge in [-0.2, -0.15) is 0 Å². The molecule has 108 valence electrons. The molecule has 0 unspecified atom stereocenters. The van der Waals surface area contributed by atoms with Crippen molar-refractivity contribution >= 4 is 34.2 Å². The molecule has 0 spiro atoms. The third kappa shape index (κ3) is 2.90. The number of anilines is 1. The molecule has 0 aromatic heterocycles. The van der Waals surface area contributed by atoms with Crippen LogP contribution in [0.2, 0.25) is 0 Å². The van der Waals surface area contributed by atoms with Crippen LogP contribution in [0, 0.1) is 17.4 Å². The van der Waals surface area contributed by atoms with Crippen molar-refractivity contribution in [1.29, 1.82) is 0 Å². The second-order valence-corrected chi connectivity index (χ2v) is 6.56. The normalized spacial score (nSPS) is 13.9. The molecule has 1 amide bonds. The molecule has 3 nitrogen and oxygen atoms in total. The van der Waals surface area contributed by atoms with Crippen molar-refractivity contribution in [2.75, 3.05) is 11.5 Å². The summed E-state index contributed by atoms with van der Waals surface area (Å²) in [4.78, 5) is 14.1. The summed E-state index contributed by atoms with van der Waals surface area (Å²) in [6.07, 6.45) is 0. The molecule has 3 rings (SSSR count). The van der Waals surface area contributed by atoms with Gasteiger partial charge in [0.15, 0.2) is 6.61 Å². The molecule has 0 bridgehead atoms. The van der Waals surface area contributed by atoms with Crippen molar-refractivity contribution in [3.05, 3.63) is 56.7 Å². The van der Waals surface area contributed by atoms with Gasteiger partial charge in [-0.25, -0.2) is 0 Å². The molecular formula is C17H16INO2. The molecule has 2 aromatic rings. The molecule has 21 heavy (non-hydrogen) atoms. The fourth-order valence-corrected chi connectivity index (χ4v) is 2.96. The van der Waals surface area contributed by atoms with Gasteiger partial charge in [0.25, 0.3) is 5.91 Å². The highest BCUT2D eigenvalue weighted by molar-refractivity contribution is 14.1. The van der Waals surface area contributed by atoms with E-state index in [4.69, 9.17) is 4.74 Å². The Kier molecular flexibility index (Phi) is 3.89. The molecule has 0 saturated carbocycles. The number of amides is 1. The maximum Gasteiger partial charge on any atom is 0.265 e. The van der Waals surface area contributed by atoms with Crippen LogP contribution in [0.5, 0.6) is 5.75 Å². The lowest BCUT2D eigenvalue weighted by Gasteiger charge is -2.30. The number of rotatable bonds is 2. The predicted octanol–water partition coefficient (Wildman–Crippen LogP) is 3.83. The van der Waals surface area contributed by atoms with E-state index >= 15 is 0 Å². The molecular weight excluding hydrogens is 377 g/mol. The molecule has 2 aromatic carbocycles. The molecule has 0 atom stereocenters. The third-order valence-corrected chi connectivity index (χ3v) is 4.37. The Bertz CT molecular complexity index is 712. The Balaban J connectivity index is 1.98. The van der Waals surface area contributed by atoms with Crippen LogP contribution in [-0.4, -0.2) is 12.5 Å². The zero-order chi connectivity index (χ0) is 15.0. The van der Waals surface area contributed by atoms with Gasteiger partial charge in [0, 0.05) is 3.57 Å². The number of carbonyl (C=O) groups excluding carboxylic acids is 1. The van der Waals surface area contributed by atoms with E-state index in [0.717, 1.165) is 15.0 Å². The molecule has 4 heteroatoms. The smallest absolute Gasteiger partial charge is 0.265 e. The lowest BCUT2D eigenvalue weighted by atomic mass is 10.0. The first kappa shape index (κ1) is 14.4. The Morgan fingerprint density at radius 1 is 1.19 bits per heavy atom. The number of carbonyl (C=O) groups is 1. The van der Waals surface area contributed by atoms with Crippen LogP contribution in [-0.2, 0) is 11.3 Å². The highest BCUT2D eigenvalue weighted by Crippen LogP contribution is 2.34. The van der Waals surface area contributed by atoms with Gasteiger partial charge in [-0.3, -0.25) is 4.79 Å². The number of hydrogen-bond donors (Lipinski definition) is 0. The Labute approximate surface area is 138 Å². The first-order valence-corrected chi connectivity index (χ1v) is 7.91. The van der Waals surface area contributed by atoms with Crippen LogP contribution in [0.4, 0.5) is 5.69 Å². The van der Waals surface area contributed by atoms with Gasteiger partial charge in [-0.15, -0.1) is 0 Å².